The number of para-hydroxylation sites is 1. The molecule has 4 heteroatoms. The van der Waals surface area contributed by atoms with Crippen LogP contribution in [0.25, 0.3) is 66.6 Å². The summed E-state index contributed by atoms with van der Waals surface area (Å²) in [5.41, 5.74) is 8.48. The molecule has 7 aromatic carbocycles. The third-order valence-electron chi connectivity index (χ3n) is 9.77. The number of rotatable bonds is 4. The summed E-state index contributed by atoms with van der Waals surface area (Å²) in [5, 5.41) is 4.52. The van der Waals surface area contributed by atoms with Gasteiger partial charge in [-0.15, -0.1) is 0 Å². The quantitative estimate of drug-likeness (QED) is 0.198. The predicted molar refractivity (Wildman–Crippen MR) is 193 cm³/mol. The molecule has 1 aliphatic carbocycles. The maximum atomic E-state index is 6.31. The van der Waals surface area contributed by atoms with Crippen LogP contribution in [-0.2, 0) is 5.41 Å². The fourth-order valence-electron chi connectivity index (χ4n) is 7.59. The number of furan rings is 1. The van der Waals surface area contributed by atoms with Crippen molar-refractivity contribution in [1.29, 1.82) is 0 Å². The summed E-state index contributed by atoms with van der Waals surface area (Å²) in [4.78, 5) is 16.0. The number of hydrogen-bond acceptors (Lipinski definition) is 4. The molecule has 48 heavy (non-hydrogen) atoms. The van der Waals surface area contributed by atoms with E-state index in [2.05, 4.69) is 127 Å². The van der Waals surface area contributed by atoms with Crippen LogP contribution in [0, 0.1) is 0 Å². The maximum Gasteiger partial charge on any atom is 0.163 e. The molecule has 0 N–H and O–H groups in total. The van der Waals surface area contributed by atoms with Crippen LogP contribution in [0.2, 0.25) is 0 Å². The minimum Gasteiger partial charge on any atom is -0.456 e. The first-order chi connectivity index (χ1) is 23.8. The zero-order chi connectivity index (χ0) is 31.7. The minimum atomic E-state index is -0.790. The molecule has 0 bridgehead atoms. The van der Waals surface area contributed by atoms with Crippen LogP contribution in [0.3, 0.4) is 0 Å². The first kappa shape index (κ1) is 26.8. The van der Waals surface area contributed by atoms with Crippen molar-refractivity contribution in [3.63, 3.8) is 0 Å². The summed E-state index contributed by atoms with van der Waals surface area (Å²) in [6.45, 7) is 0. The monoisotopic (exact) mass is 613 g/mol. The molecule has 10 rings (SSSR count). The van der Waals surface area contributed by atoms with Gasteiger partial charge in [-0.05, 0) is 62.9 Å². The average Bonchev–Trinajstić information content (AvgIpc) is 3.68. The largest absolute Gasteiger partial charge is 0.456 e. The second kappa shape index (κ2) is 10.3. The SMILES string of the molecule is c1ccc(-c2nc(-c3ccc4c(c3)oc3ccccc34)nc(C3(c4ccc5ccccc5c4)c4ccccc4-c4ccccc43)n2)cc1. The molecule has 0 saturated heterocycles. The average molecular weight is 614 g/mol. The van der Waals surface area contributed by atoms with E-state index < -0.39 is 5.41 Å². The number of fused-ring (bicyclic) bond motifs is 7. The van der Waals surface area contributed by atoms with Crippen molar-refractivity contribution in [2.75, 3.05) is 0 Å². The molecule has 9 aromatic rings. The van der Waals surface area contributed by atoms with Crippen LogP contribution in [-0.4, -0.2) is 15.0 Å². The van der Waals surface area contributed by atoms with Crippen molar-refractivity contribution in [1.82, 2.24) is 15.0 Å². The van der Waals surface area contributed by atoms with Crippen LogP contribution in [0.5, 0.6) is 0 Å². The lowest BCUT2D eigenvalue weighted by Crippen LogP contribution is -2.31. The van der Waals surface area contributed by atoms with Crippen molar-refractivity contribution < 1.29 is 4.42 Å². The third kappa shape index (κ3) is 3.86. The Hall–Kier alpha value is -6.39. The Labute approximate surface area is 277 Å². The standard InChI is InChI=1S/C44H27N3O/c1-2-13-29(14-3-1)41-45-42(31-23-25-36-35-18-8-11-21-39(35)48-40(36)27-31)47-43(46-41)44(32-24-22-28-12-4-5-15-30(28)26-32)37-19-9-6-16-33(37)34-17-7-10-20-38(34)44/h1-27H. The lowest BCUT2D eigenvalue weighted by atomic mass is 9.71. The highest BCUT2D eigenvalue weighted by molar-refractivity contribution is 6.05. The first-order valence-electron chi connectivity index (χ1n) is 16.2. The van der Waals surface area contributed by atoms with Crippen LogP contribution in [0.1, 0.15) is 22.5 Å². The van der Waals surface area contributed by atoms with Gasteiger partial charge in [0.2, 0.25) is 0 Å². The van der Waals surface area contributed by atoms with Gasteiger partial charge in [-0.2, -0.15) is 0 Å². The molecule has 0 spiro atoms. The smallest absolute Gasteiger partial charge is 0.163 e. The Bertz CT molecular complexity index is 2650. The van der Waals surface area contributed by atoms with E-state index in [9.17, 15) is 0 Å². The molecule has 2 heterocycles. The van der Waals surface area contributed by atoms with Gasteiger partial charge in [0.25, 0.3) is 0 Å². The van der Waals surface area contributed by atoms with Gasteiger partial charge in [0.15, 0.2) is 17.5 Å². The zero-order valence-electron chi connectivity index (χ0n) is 25.8. The van der Waals surface area contributed by atoms with Gasteiger partial charge in [-0.3, -0.25) is 0 Å². The van der Waals surface area contributed by atoms with Gasteiger partial charge in [-0.25, -0.2) is 15.0 Å². The van der Waals surface area contributed by atoms with E-state index in [0.29, 0.717) is 17.5 Å². The van der Waals surface area contributed by atoms with Crippen molar-refractivity contribution >= 4 is 32.7 Å². The first-order valence-corrected chi connectivity index (χ1v) is 16.2. The fourth-order valence-corrected chi connectivity index (χ4v) is 7.59. The van der Waals surface area contributed by atoms with Crippen molar-refractivity contribution in [2.45, 2.75) is 5.41 Å². The maximum absolute atomic E-state index is 6.31. The Kier molecular flexibility index (Phi) is 5.75. The molecule has 0 unspecified atom stereocenters. The van der Waals surface area contributed by atoms with Gasteiger partial charge in [-0.1, -0.05) is 140 Å². The molecular formula is C44H27N3O. The van der Waals surface area contributed by atoms with Crippen molar-refractivity contribution in [3.05, 3.63) is 186 Å². The zero-order valence-corrected chi connectivity index (χ0v) is 25.8. The summed E-state index contributed by atoms with van der Waals surface area (Å²) in [6, 6.07) is 57.2. The summed E-state index contributed by atoms with van der Waals surface area (Å²) in [6.07, 6.45) is 0. The molecule has 2 aromatic heterocycles. The molecule has 0 atom stereocenters. The third-order valence-corrected chi connectivity index (χ3v) is 9.77. The summed E-state index contributed by atoms with van der Waals surface area (Å²) < 4.78 is 6.31. The summed E-state index contributed by atoms with van der Waals surface area (Å²) in [5.74, 6) is 1.91. The highest BCUT2D eigenvalue weighted by Gasteiger charge is 2.49. The van der Waals surface area contributed by atoms with Gasteiger partial charge in [0.1, 0.15) is 16.6 Å². The Balaban J connectivity index is 1.31. The van der Waals surface area contributed by atoms with Crippen LogP contribution in [0.15, 0.2) is 168 Å². The Morgan fingerprint density at radius 3 is 1.83 bits per heavy atom. The molecule has 224 valence electrons. The second-order valence-corrected chi connectivity index (χ2v) is 12.4. The van der Waals surface area contributed by atoms with Gasteiger partial charge in [0, 0.05) is 21.9 Å². The predicted octanol–water partition coefficient (Wildman–Crippen LogP) is 10.6. The van der Waals surface area contributed by atoms with Gasteiger partial charge < -0.3 is 4.42 Å². The molecule has 0 radical (unpaired) electrons. The molecule has 4 nitrogen and oxygen atoms in total. The molecular weight excluding hydrogens is 587 g/mol. The van der Waals surface area contributed by atoms with E-state index in [1.54, 1.807) is 0 Å². The second-order valence-electron chi connectivity index (χ2n) is 12.4. The van der Waals surface area contributed by atoms with Crippen LogP contribution in [0.4, 0.5) is 0 Å². The van der Waals surface area contributed by atoms with E-state index in [0.717, 1.165) is 49.8 Å². The van der Waals surface area contributed by atoms with Crippen LogP contribution >= 0.6 is 0 Å². The Morgan fingerprint density at radius 2 is 1.04 bits per heavy atom. The van der Waals surface area contributed by atoms with Crippen molar-refractivity contribution in [2.24, 2.45) is 0 Å². The Morgan fingerprint density at radius 1 is 0.417 bits per heavy atom. The number of aromatic nitrogens is 3. The molecule has 0 saturated carbocycles. The lowest BCUT2D eigenvalue weighted by Gasteiger charge is -2.32. The normalized spacial score (nSPS) is 13.2. The van der Waals surface area contributed by atoms with E-state index in [4.69, 9.17) is 19.4 Å². The van der Waals surface area contributed by atoms with Gasteiger partial charge >= 0.3 is 0 Å². The van der Waals surface area contributed by atoms with E-state index >= 15 is 0 Å². The summed E-state index contributed by atoms with van der Waals surface area (Å²) in [7, 11) is 0. The summed E-state index contributed by atoms with van der Waals surface area (Å²) >= 11 is 0. The minimum absolute atomic E-state index is 0.600. The lowest BCUT2D eigenvalue weighted by molar-refractivity contribution is 0.669. The van der Waals surface area contributed by atoms with E-state index in [-0.39, 0.29) is 0 Å². The molecule has 0 aliphatic heterocycles. The number of benzene rings is 7. The van der Waals surface area contributed by atoms with E-state index in [1.165, 1.54) is 21.9 Å². The number of nitrogens with zero attached hydrogens (tertiary/aromatic N) is 3. The van der Waals surface area contributed by atoms with E-state index in [1.807, 2.05) is 36.4 Å². The highest BCUT2D eigenvalue weighted by atomic mass is 16.3. The molecule has 1 aliphatic rings. The fraction of sp³-hybridized carbons (Fsp3) is 0.0227. The van der Waals surface area contributed by atoms with Crippen LogP contribution < -0.4 is 0 Å². The molecule has 0 amide bonds. The van der Waals surface area contributed by atoms with Gasteiger partial charge in [0.05, 0.1) is 0 Å². The topological polar surface area (TPSA) is 51.8 Å². The number of hydrogen-bond donors (Lipinski definition) is 0. The highest BCUT2D eigenvalue weighted by Crippen LogP contribution is 2.55. The van der Waals surface area contributed by atoms with Crippen molar-refractivity contribution in [3.8, 4) is 33.9 Å². The molecule has 0 fully saturated rings.